The first-order valence-corrected chi connectivity index (χ1v) is 5.09. The summed E-state index contributed by atoms with van der Waals surface area (Å²) in [5, 5.41) is 9.22. The van der Waals surface area contributed by atoms with Gasteiger partial charge in [-0.2, -0.15) is 0 Å². The molecular weight excluding hydrogens is 232 g/mol. The van der Waals surface area contributed by atoms with Crippen LogP contribution in [0.4, 0.5) is 0 Å². The molecule has 0 saturated heterocycles. The predicted octanol–water partition coefficient (Wildman–Crippen LogP) is 1.81. The molecule has 84 valence electrons. The highest BCUT2D eigenvalue weighted by Gasteiger charge is 2.32. The highest BCUT2D eigenvalue weighted by Crippen LogP contribution is 2.28. The largest absolute Gasteiger partial charge is 0.478 e. The first-order valence-electron chi connectivity index (χ1n) is 4.72. The molecule has 0 spiro atoms. The Bertz CT molecular complexity index is 481. The summed E-state index contributed by atoms with van der Waals surface area (Å²) in [6.07, 6.45) is -1.02. The number of hydrogen-bond acceptors (Lipinski definition) is 3. The number of carboxylic acids is 1. The van der Waals surface area contributed by atoms with E-state index in [9.17, 15) is 9.59 Å². The van der Waals surface area contributed by atoms with Gasteiger partial charge in [-0.1, -0.05) is 11.6 Å². The van der Waals surface area contributed by atoms with Gasteiger partial charge >= 0.3 is 11.9 Å². The van der Waals surface area contributed by atoms with Crippen molar-refractivity contribution in [1.82, 2.24) is 0 Å². The molecule has 0 amide bonds. The van der Waals surface area contributed by atoms with Crippen molar-refractivity contribution in [2.24, 2.45) is 0 Å². The van der Waals surface area contributed by atoms with Gasteiger partial charge in [0, 0.05) is 11.4 Å². The number of halogens is 1. The Labute approximate surface area is 96.8 Å². The first-order chi connectivity index (χ1) is 7.49. The van der Waals surface area contributed by atoms with Crippen molar-refractivity contribution in [3.8, 4) is 0 Å². The van der Waals surface area contributed by atoms with Crippen LogP contribution < -0.4 is 0 Å². The summed E-state index contributed by atoms with van der Waals surface area (Å²) >= 11 is 5.98. The number of ether oxygens (including phenoxy) is 1. The lowest BCUT2D eigenvalue weighted by molar-refractivity contribution is -0.147. The summed E-state index contributed by atoms with van der Waals surface area (Å²) < 4.78 is 4.79. The van der Waals surface area contributed by atoms with E-state index in [1.807, 2.05) is 6.92 Å². The Morgan fingerprint density at radius 3 is 2.88 bits per heavy atom. The molecule has 1 aliphatic heterocycles. The number of rotatable bonds is 1. The van der Waals surface area contributed by atoms with Gasteiger partial charge in [-0.15, -0.1) is 0 Å². The monoisotopic (exact) mass is 240 g/mol. The lowest BCUT2D eigenvalue weighted by Crippen LogP contribution is -2.34. The maximum absolute atomic E-state index is 11.6. The second-order valence-electron chi connectivity index (χ2n) is 3.71. The van der Waals surface area contributed by atoms with Crippen LogP contribution in [-0.2, 0) is 16.0 Å². The van der Waals surface area contributed by atoms with Crippen molar-refractivity contribution >= 4 is 23.5 Å². The summed E-state index contributed by atoms with van der Waals surface area (Å²) in [6.45, 7) is 1.81. The van der Waals surface area contributed by atoms with Crippen LogP contribution >= 0.6 is 11.6 Å². The van der Waals surface area contributed by atoms with Gasteiger partial charge in [-0.05, 0) is 30.2 Å². The van der Waals surface area contributed by atoms with Crippen LogP contribution in [0.15, 0.2) is 12.1 Å². The molecule has 1 aromatic rings. The number of fused-ring (bicyclic) bond motifs is 1. The molecule has 16 heavy (non-hydrogen) atoms. The van der Waals surface area contributed by atoms with E-state index in [0.29, 0.717) is 16.1 Å². The molecule has 2 rings (SSSR count). The van der Waals surface area contributed by atoms with Crippen molar-refractivity contribution in [1.29, 1.82) is 0 Å². The third-order valence-corrected chi connectivity index (χ3v) is 2.81. The van der Waals surface area contributed by atoms with E-state index in [1.165, 1.54) is 0 Å². The van der Waals surface area contributed by atoms with Crippen LogP contribution in [0.2, 0.25) is 5.02 Å². The van der Waals surface area contributed by atoms with E-state index < -0.39 is 18.0 Å². The molecule has 0 bridgehead atoms. The molecule has 1 atom stereocenters. The van der Waals surface area contributed by atoms with Gasteiger partial charge < -0.3 is 9.84 Å². The van der Waals surface area contributed by atoms with E-state index in [0.717, 1.165) is 5.56 Å². The van der Waals surface area contributed by atoms with Gasteiger partial charge in [0.15, 0.2) is 0 Å². The van der Waals surface area contributed by atoms with Crippen LogP contribution in [0, 0.1) is 6.92 Å². The summed E-state index contributed by atoms with van der Waals surface area (Å²) in [5.74, 6) is -1.78. The Morgan fingerprint density at radius 2 is 2.25 bits per heavy atom. The number of benzene rings is 1. The van der Waals surface area contributed by atoms with Crippen LogP contribution in [0.1, 0.15) is 21.5 Å². The normalized spacial score (nSPS) is 18.9. The molecule has 0 aliphatic carbocycles. The van der Waals surface area contributed by atoms with Crippen molar-refractivity contribution in [3.63, 3.8) is 0 Å². The number of esters is 1. The Balaban J connectivity index is 2.50. The van der Waals surface area contributed by atoms with Crippen molar-refractivity contribution in [2.45, 2.75) is 19.4 Å². The molecular formula is C11H9ClO4. The molecule has 4 nitrogen and oxygen atoms in total. The number of carbonyl (C=O) groups is 2. The third-order valence-electron chi connectivity index (χ3n) is 2.47. The molecule has 1 aliphatic rings. The average Bonchev–Trinajstić information content (AvgIpc) is 2.19. The van der Waals surface area contributed by atoms with Crippen LogP contribution in [0.3, 0.4) is 0 Å². The molecule has 1 N–H and O–H groups in total. The summed E-state index contributed by atoms with van der Waals surface area (Å²) in [6, 6.07) is 3.36. The molecule has 0 fully saturated rings. The molecule has 0 saturated carbocycles. The maximum Gasteiger partial charge on any atom is 0.345 e. The second kappa shape index (κ2) is 3.79. The quantitative estimate of drug-likeness (QED) is 0.761. The maximum atomic E-state index is 11.6. The van der Waals surface area contributed by atoms with Gasteiger partial charge in [-0.3, -0.25) is 0 Å². The molecule has 1 aromatic carbocycles. The fourth-order valence-corrected chi connectivity index (χ4v) is 2.07. The lowest BCUT2D eigenvalue weighted by Gasteiger charge is -2.22. The van der Waals surface area contributed by atoms with Gasteiger partial charge in [0.1, 0.15) is 0 Å². The molecule has 5 heteroatoms. The number of aryl methyl sites for hydroxylation is 1. The van der Waals surface area contributed by atoms with E-state index in [4.69, 9.17) is 21.4 Å². The Morgan fingerprint density at radius 1 is 1.56 bits per heavy atom. The number of hydrogen-bond donors (Lipinski definition) is 1. The number of aliphatic carboxylic acids is 1. The number of carbonyl (C=O) groups excluding carboxylic acids is 1. The molecule has 0 radical (unpaired) electrons. The zero-order valence-electron chi connectivity index (χ0n) is 8.49. The fourth-order valence-electron chi connectivity index (χ4n) is 1.72. The SMILES string of the molecule is Cc1cc(Cl)c2c(c1)C(=O)OC(C(=O)O)C2. The van der Waals surface area contributed by atoms with Gasteiger partial charge in [0.25, 0.3) is 0 Å². The smallest absolute Gasteiger partial charge is 0.345 e. The first kappa shape index (κ1) is 11.0. The fraction of sp³-hybridized carbons (Fsp3) is 0.273. The summed E-state index contributed by atoms with van der Waals surface area (Å²) in [4.78, 5) is 22.3. The Hall–Kier alpha value is -1.55. The van der Waals surface area contributed by atoms with Crippen molar-refractivity contribution in [2.75, 3.05) is 0 Å². The lowest BCUT2D eigenvalue weighted by atomic mass is 9.96. The molecule has 0 aromatic heterocycles. The van der Waals surface area contributed by atoms with Crippen LogP contribution in [0.25, 0.3) is 0 Å². The van der Waals surface area contributed by atoms with E-state index in [-0.39, 0.29) is 6.42 Å². The standard InChI is InChI=1S/C11H9ClO4/c1-5-2-7-6(8(12)3-5)4-9(10(13)14)16-11(7)15/h2-3,9H,4H2,1H3,(H,13,14). The predicted molar refractivity (Wildman–Crippen MR) is 56.7 cm³/mol. The zero-order valence-corrected chi connectivity index (χ0v) is 9.25. The van der Waals surface area contributed by atoms with Gasteiger partial charge in [-0.25, -0.2) is 9.59 Å². The number of carboxylic acid groups (broad SMARTS) is 1. The highest BCUT2D eigenvalue weighted by atomic mass is 35.5. The highest BCUT2D eigenvalue weighted by molar-refractivity contribution is 6.32. The summed E-state index contributed by atoms with van der Waals surface area (Å²) in [5.41, 5.74) is 1.76. The van der Waals surface area contributed by atoms with Crippen LogP contribution in [-0.4, -0.2) is 23.1 Å². The van der Waals surface area contributed by atoms with Gasteiger partial charge in [0.05, 0.1) is 5.56 Å². The van der Waals surface area contributed by atoms with E-state index >= 15 is 0 Å². The third kappa shape index (κ3) is 1.76. The van der Waals surface area contributed by atoms with Crippen molar-refractivity contribution in [3.05, 3.63) is 33.8 Å². The average molecular weight is 241 g/mol. The Kier molecular flexibility index (Phi) is 2.59. The number of cyclic esters (lactones) is 1. The van der Waals surface area contributed by atoms with Crippen molar-refractivity contribution < 1.29 is 19.4 Å². The zero-order chi connectivity index (χ0) is 11.9. The minimum absolute atomic E-state index is 0.121. The molecule has 1 heterocycles. The minimum Gasteiger partial charge on any atom is -0.478 e. The van der Waals surface area contributed by atoms with E-state index in [2.05, 4.69) is 0 Å². The minimum atomic E-state index is -1.16. The van der Waals surface area contributed by atoms with Crippen LogP contribution in [0.5, 0.6) is 0 Å². The second-order valence-corrected chi connectivity index (χ2v) is 4.12. The van der Waals surface area contributed by atoms with E-state index in [1.54, 1.807) is 12.1 Å². The van der Waals surface area contributed by atoms with Gasteiger partial charge in [0.2, 0.25) is 6.10 Å². The summed E-state index contributed by atoms with van der Waals surface area (Å²) in [7, 11) is 0. The topological polar surface area (TPSA) is 63.6 Å². The molecule has 1 unspecified atom stereocenters.